The molecule has 2 aromatic rings. The first-order chi connectivity index (χ1) is 11.1. The van der Waals surface area contributed by atoms with Crippen molar-refractivity contribution in [2.45, 2.75) is 18.9 Å². The molecular weight excluding hydrogens is 296 g/mol. The first kappa shape index (κ1) is 14.8. The van der Waals surface area contributed by atoms with Gasteiger partial charge in [-0.3, -0.25) is 19.7 Å². The first-order valence-electron chi connectivity index (χ1n) is 7.13. The molecule has 2 amide bonds. The van der Waals surface area contributed by atoms with Crippen LogP contribution < -0.4 is 16.2 Å². The van der Waals surface area contributed by atoms with Crippen LogP contribution in [0, 0.1) is 12.3 Å². The fourth-order valence-corrected chi connectivity index (χ4v) is 2.62. The fourth-order valence-electron chi connectivity index (χ4n) is 2.62. The Morgan fingerprint density at radius 2 is 2.17 bits per heavy atom. The monoisotopic (exact) mass is 310 g/mol. The summed E-state index contributed by atoms with van der Waals surface area (Å²) in [6, 6.07) is 4.43. The van der Waals surface area contributed by atoms with Crippen molar-refractivity contribution in [3.63, 3.8) is 0 Å². The number of aromatic nitrogens is 2. The predicted octanol–water partition coefficient (Wildman–Crippen LogP) is 0.419. The number of anilines is 1. The van der Waals surface area contributed by atoms with Crippen LogP contribution in [0.1, 0.15) is 18.9 Å². The molecule has 1 saturated heterocycles. The summed E-state index contributed by atoms with van der Waals surface area (Å²) in [5.41, 5.74) is 0.335. The summed E-state index contributed by atoms with van der Waals surface area (Å²) in [6.07, 6.45) is 7.21. The van der Waals surface area contributed by atoms with Crippen LogP contribution >= 0.6 is 0 Å². The average Bonchev–Trinajstić information content (AvgIpc) is 2.54. The molecule has 1 atom stereocenters. The van der Waals surface area contributed by atoms with Crippen LogP contribution in [-0.2, 0) is 9.59 Å². The van der Waals surface area contributed by atoms with E-state index in [9.17, 15) is 14.4 Å². The van der Waals surface area contributed by atoms with E-state index in [-0.39, 0.29) is 24.3 Å². The number of nitrogens with zero attached hydrogens (tertiary/aromatic N) is 2. The van der Waals surface area contributed by atoms with Crippen molar-refractivity contribution in [3.05, 3.63) is 34.7 Å². The van der Waals surface area contributed by atoms with E-state index < -0.39 is 11.9 Å². The molecule has 0 saturated carbocycles. The Morgan fingerprint density at radius 1 is 1.35 bits per heavy atom. The lowest BCUT2D eigenvalue weighted by molar-refractivity contribution is -0.136. The van der Waals surface area contributed by atoms with Gasteiger partial charge in [0.15, 0.2) is 0 Å². The van der Waals surface area contributed by atoms with Crippen LogP contribution in [0.5, 0.6) is 0 Å². The molecule has 0 bridgehead atoms. The number of benzene rings is 1. The zero-order valence-corrected chi connectivity index (χ0v) is 12.2. The Balaban J connectivity index is 2.06. The third-order valence-corrected chi connectivity index (χ3v) is 3.74. The van der Waals surface area contributed by atoms with Crippen LogP contribution in [0.15, 0.2) is 29.2 Å². The third-order valence-electron chi connectivity index (χ3n) is 3.74. The van der Waals surface area contributed by atoms with Crippen molar-refractivity contribution >= 4 is 28.3 Å². The summed E-state index contributed by atoms with van der Waals surface area (Å²) in [7, 11) is 0. The maximum atomic E-state index is 12.6. The van der Waals surface area contributed by atoms with Gasteiger partial charge in [-0.15, -0.1) is 6.42 Å². The van der Waals surface area contributed by atoms with Crippen molar-refractivity contribution in [3.8, 4) is 12.3 Å². The van der Waals surface area contributed by atoms with Gasteiger partial charge < -0.3 is 5.32 Å². The Hall–Kier alpha value is -3.14. The number of nitrogens with one attached hydrogen (secondary N) is 2. The molecule has 1 unspecified atom stereocenters. The Morgan fingerprint density at radius 3 is 2.91 bits per heavy atom. The van der Waals surface area contributed by atoms with E-state index in [1.807, 2.05) is 0 Å². The highest BCUT2D eigenvalue weighted by molar-refractivity contribution is 5.99. The molecule has 1 aromatic carbocycles. The van der Waals surface area contributed by atoms with Gasteiger partial charge in [-0.1, -0.05) is 12.0 Å². The standard InChI is InChI=1S/C16H14N4O3/c1-2-8-17-12-5-3-4-10-11(12)9-18-20(16(10)23)13-6-7-14(21)19-15(13)22/h1,3-5,9,13,17H,6-8H2,(H,19,21,22). The molecule has 2 N–H and O–H groups in total. The van der Waals surface area contributed by atoms with Crippen molar-refractivity contribution < 1.29 is 9.59 Å². The average molecular weight is 310 g/mol. The van der Waals surface area contributed by atoms with Crippen molar-refractivity contribution in [1.82, 2.24) is 15.1 Å². The Kier molecular flexibility index (Phi) is 3.81. The Bertz CT molecular complexity index is 894. The van der Waals surface area contributed by atoms with Gasteiger partial charge in [-0.2, -0.15) is 5.10 Å². The third kappa shape index (κ3) is 2.66. The van der Waals surface area contributed by atoms with Crippen LogP contribution in [0.2, 0.25) is 0 Å². The van der Waals surface area contributed by atoms with E-state index in [0.29, 0.717) is 23.0 Å². The lowest BCUT2D eigenvalue weighted by Crippen LogP contribution is -2.45. The molecule has 2 heterocycles. The van der Waals surface area contributed by atoms with Crippen LogP contribution in [0.4, 0.5) is 5.69 Å². The van der Waals surface area contributed by atoms with Gasteiger partial charge in [0.2, 0.25) is 5.91 Å². The Labute approximate surface area is 131 Å². The quantitative estimate of drug-likeness (QED) is 0.633. The van der Waals surface area contributed by atoms with E-state index in [2.05, 4.69) is 21.7 Å². The molecular formula is C16H14N4O3. The molecule has 3 rings (SSSR count). The molecule has 0 spiro atoms. The number of terminal acetylenes is 1. The van der Waals surface area contributed by atoms with Gasteiger partial charge in [-0.25, -0.2) is 4.68 Å². The second-order valence-corrected chi connectivity index (χ2v) is 5.19. The molecule has 0 aliphatic carbocycles. The van der Waals surface area contributed by atoms with E-state index >= 15 is 0 Å². The minimum absolute atomic E-state index is 0.187. The normalized spacial score (nSPS) is 17.6. The molecule has 1 fully saturated rings. The largest absolute Gasteiger partial charge is 0.374 e. The maximum Gasteiger partial charge on any atom is 0.275 e. The highest BCUT2D eigenvalue weighted by Crippen LogP contribution is 2.21. The van der Waals surface area contributed by atoms with E-state index in [1.54, 1.807) is 18.2 Å². The topological polar surface area (TPSA) is 93.1 Å². The van der Waals surface area contributed by atoms with E-state index in [0.717, 1.165) is 4.68 Å². The molecule has 1 aliphatic heterocycles. The predicted molar refractivity (Wildman–Crippen MR) is 84.7 cm³/mol. The SMILES string of the molecule is C#CCNc1cccc2c(=O)n(C3CCC(=O)NC3=O)ncc12. The molecule has 7 nitrogen and oxygen atoms in total. The number of imide groups is 1. The maximum absolute atomic E-state index is 12.6. The lowest BCUT2D eigenvalue weighted by atomic mass is 10.1. The molecule has 0 radical (unpaired) electrons. The van der Waals surface area contributed by atoms with Gasteiger partial charge in [0.1, 0.15) is 6.04 Å². The van der Waals surface area contributed by atoms with Crippen molar-refractivity contribution in [2.75, 3.05) is 11.9 Å². The molecule has 7 heteroatoms. The zero-order valence-electron chi connectivity index (χ0n) is 12.2. The van der Waals surface area contributed by atoms with Crippen LogP contribution in [0.25, 0.3) is 10.8 Å². The molecule has 116 valence electrons. The lowest BCUT2D eigenvalue weighted by Gasteiger charge is -2.22. The smallest absolute Gasteiger partial charge is 0.275 e. The summed E-state index contributed by atoms with van der Waals surface area (Å²) in [5.74, 6) is 1.63. The van der Waals surface area contributed by atoms with E-state index in [1.165, 1.54) is 6.20 Å². The summed E-state index contributed by atoms with van der Waals surface area (Å²) in [5, 5.41) is 10.4. The number of carbonyl (C=O) groups is 2. The number of amides is 2. The minimum Gasteiger partial charge on any atom is -0.374 e. The summed E-state index contributed by atoms with van der Waals surface area (Å²) < 4.78 is 1.13. The fraction of sp³-hybridized carbons (Fsp3) is 0.250. The highest BCUT2D eigenvalue weighted by Gasteiger charge is 2.29. The van der Waals surface area contributed by atoms with Gasteiger partial charge >= 0.3 is 0 Å². The minimum atomic E-state index is -0.771. The van der Waals surface area contributed by atoms with Crippen LogP contribution in [-0.4, -0.2) is 28.1 Å². The van der Waals surface area contributed by atoms with Gasteiger partial charge in [0.25, 0.3) is 11.5 Å². The number of rotatable bonds is 3. The first-order valence-corrected chi connectivity index (χ1v) is 7.13. The summed E-state index contributed by atoms with van der Waals surface area (Å²) in [6.45, 7) is 0.329. The van der Waals surface area contributed by atoms with E-state index in [4.69, 9.17) is 6.42 Å². The van der Waals surface area contributed by atoms with Crippen LogP contribution in [0.3, 0.4) is 0 Å². The number of hydrogen-bond acceptors (Lipinski definition) is 5. The summed E-state index contributed by atoms with van der Waals surface area (Å²) >= 11 is 0. The van der Waals surface area contributed by atoms with Gasteiger partial charge in [0.05, 0.1) is 18.1 Å². The second kappa shape index (κ2) is 5.93. The highest BCUT2D eigenvalue weighted by atomic mass is 16.2. The van der Waals surface area contributed by atoms with Gasteiger partial charge in [-0.05, 0) is 18.6 Å². The molecule has 23 heavy (non-hydrogen) atoms. The number of hydrogen-bond donors (Lipinski definition) is 2. The molecule has 1 aliphatic rings. The zero-order chi connectivity index (χ0) is 16.4. The number of piperidine rings is 1. The summed E-state index contributed by atoms with van der Waals surface area (Å²) in [4.78, 5) is 35.8. The van der Waals surface area contributed by atoms with Crippen molar-refractivity contribution in [2.24, 2.45) is 0 Å². The number of carbonyl (C=O) groups excluding carboxylic acids is 2. The number of fused-ring (bicyclic) bond motifs is 1. The van der Waals surface area contributed by atoms with Gasteiger partial charge in [0, 0.05) is 17.5 Å². The molecule has 1 aromatic heterocycles. The second-order valence-electron chi connectivity index (χ2n) is 5.19. The van der Waals surface area contributed by atoms with Crippen molar-refractivity contribution in [1.29, 1.82) is 0 Å².